The highest BCUT2D eigenvalue weighted by Gasteiger charge is 2.24. The van der Waals surface area contributed by atoms with Gasteiger partial charge >= 0.3 is 0 Å². The third-order valence-corrected chi connectivity index (χ3v) is 6.31. The van der Waals surface area contributed by atoms with Crippen molar-refractivity contribution >= 4 is 32.1 Å². The zero-order valence-corrected chi connectivity index (χ0v) is 16.2. The molecule has 0 fully saturated rings. The first-order chi connectivity index (χ1) is 13.8. The number of anilines is 2. The molecule has 4 aromatic rings. The molecule has 1 aromatic heterocycles. The van der Waals surface area contributed by atoms with Gasteiger partial charge in [0, 0.05) is 17.3 Å². The second-order valence-corrected chi connectivity index (χ2v) is 8.53. The Kier molecular flexibility index (Phi) is 4.76. The van der Waals surface area contributed by atoms with E-state index in [1.807, 2.05) is 6.92 Å². The summed E-state index contributed by atoms with van der Waals surface area (Å²) in [5.41, 5.74) is 2.00. The summed E-state index contributed by atoms with van der Waals surface area (Å²) in [4.78, 5) is 4.21. The molecule has 1 heterocycles. The van der Waals surface area contributed by atoms with Crippen LogP contribution < -0.4 is 5.32 Å². The van der Waals surface area contributed by atoms with Crippen LogP contribution in [-0.4, -0.2) is 13.4 Å². The van der Waals surface area contributed by atoms with Crippen LogP contribution in [0.15, 0.2) is 82.7 Å². The SMILES string of the molecule is Cc1ccc(S(=O)(=O)c2cnc3ccc(F)cc3c2Nc2ccc(F)cc2)cc1. The number of benzene rings is 3. The van der Waals surface area contributed by atoms with Gasteiger partial charge in [-0.2, -0.15) is 0 Å². The van der Waals surface area contributed by atoms with Gasteiger partial charge in [0.05, 0.1) is 16.1 Å². The lowest BCUT2D eigenvalue weighted by Gasteiger charge is -2.15. The van der Waals surface area contributed by atoms with Crippen molar-refractivity contribution in [1.82, 2.24) is 4.98 Å². The molecule has 0 aliphatic rings. The minimum atomic E-state index is -3.94. The fourth-order valence-electron chi connectivity index (χ4n) is 3.00. The Morgan fingerprint density at radius 1 is 0.862 bits per heavy atom. The third-order valence-electron chi connectivity index (χ3n) is 4.53. The van der Waals surface area contributed by atoms with Crippen LogP contribution in [0, 0.1) is 18.6 Å². The summed E-state index contributed by atoms with van der Waals surface area (Å²) in [5, 5.41) is 3.31. The second-order valence-electron chi connectivity index (χ2n) is 6.61. The fraction of sp³-hybridized carbons (Fsp3) is 0.0455. The third kappa shape index (κ3) is 3.69. The summed E-state index contributed by atoms with van der Waals surface area (Å²) in [6, 6.07) is 15.8. The highest BCUT2D eigenvalue weighted by molar-refractivity contribution is 7.91. The molecule has 0 spiro atoms. The van der Waals surface area contributed by atoms with Crippen LogP contribution in [0.4, 0.5) is 20.2 Å². The first kappa shape index (κ1) is 19.0. The highest BCUT2D eigenvalue weighted by Crippen LogP contribution is 2.35. The maximum absolute atomic E-state index is 13.9. The predicted octanol–water partition coefficient (Wildman–Crippen LogP) is 5.40. The molecular weight excluding hydrogens is 394 g/mol. The number of pyridine rings is 1. The number of fused-ring (bicyclic) bond motifs is 1. The van der Waals surface area contributed by atoms with Gasteiger partial charge in [0.25, 0.3) is 0 Å². The molecular formula is C22H16F2N2O2S. The van der Waals surface area contributed by atoms with Crippen LogP contribution in [0.1, 0.15) is 5.56 Å². The number of rotatable bonds is 4. The minimum absolute atomic E-state index is 0.0937. The Labute approximate surface area is 166 Å². The monoisotopic (exact) mass is 410 g/mol. The van der Waals surface area contributed by atoms with Crippen LogP contribution in [0.2, 0.25) is 0 Å². The van der Waals surface area contributed by atoms with Crippen molar-refractivity contribution in [3.8, 4) is 0 Å². The summed E-state index contributed by atoms with van der Waals surface area (Å²) in [6.45, 7) is 1.86. The van der Waals surface area contributed by atoms with Gasteiger partial charge < -0.3 is 5.32 Å². The Morgan fingerprint density at radius 2 is 1.52 bits per heavy atom. The number of nitrogens with zero attached hydrogens (tertiary/aromatic N) is 1. The number of aryl methyl sites for hydroxylation is 1. The number of aromatic nitrogens is 1. The molecule has 3 aromatic carbocycles. The van der Waals surface area contributed by atoms with Gasteiger partial charge in [-0.25, -0.2) is 17.2 Å². The van der Waals surface area contributed by atoms with E-state index in [0.717, 1.165) is 5.56 Å². The second kappa shape index (κ2) is 7.25. The van der Waals surface area contributed by atoms with Crippen molar-refractivity contribution in [3.05, 3.63) is 90.1 Å². The zero-order chi connectivity index (χ0) is 20.6. The van der Waals surface area contributed by atoms with Gasteiger partial charge in [-0.05, 0) is 61.5 Å². The van der Waals surface area contributed by atoms with E-state index in [0.29, 0.717) is 16.6 Å². The molecule has 29 heavy (non-hydrogen) atoms. The molecule has 0 saturated heterocycles. The van der Waals surface area contributed by atoms with E-state index in [2.05, 4.69) is 10.3 Å². The summed E-state index contributed by atoms with van der Waals surface area (Å²) in [7, 11) is -3.94. The van der Waals surface area contributed by atoms with E-state index in [1.165, 1.54) is 60.8 Å². The maximum Gasteiger partial charge on any atom is 0.210 e. The van der Waals surface area contributed by atoms with Crippen molar-refractivity contribution in [2.75, 3.05) is 5.32 Å². The van der Waals surface area contributed by atoms with Gasteiger partial charge in [0.1, 0.15) is 16.5 Å². The average Bonchev–Trinajstić information content (AvgIpc) is 2.70. The smallest absolute Gasteiger partial charge is 0.210 e. The van der Waals surface area contributed by atoms with Crippen LogP contribution in [0.3, 0.4) is 0 Å². The summed E-state index contributed by atoms with van der Waals surface area (Å²) in [6.07, 6.45) is 1.25. The Morgan fingerprint density at radius 3 is 2.21 bits per heavy atom. The molecule has 0 unspecified atom stereocenters. The molecule has 0 atom stereocenters. The van der Waals surface area contributed by atoms with E-state index >= 15 is 0 Å². The first-order valence-corrected chi connectivity index (χ1v) is 10.3. The van der Waals surface area contributed by atoms with E-state index in [4.69, 9.17) is 0 Å². The number of halogens is 2. The molecule has 7 heteroatoms. The summed E-state index contributed by atoms with van der Waals surface area (Å²) >= 11 is 0. The van der Waals surface area contributed by atoms with Crippen LogP contribution in [0.5, 0.6) is 0 Å². The normalized spacial score (nSPS) is 11.6. The molecule has 146 valence electrons. The van der Waals surface area contributed by atoms with Crippen molar-refractivity contribution in [2.45, 2.75) is 16.7 Å². The molecule has 1 N–H and O–H groups in total. The number of hydrogen-bond donors (Lipinski definition) is 1. The molecule has 0 amide bonds. The first-order valence-electron chi connectivity index (χ1n) is 8.77. The van der Waals surface area contributed by atoms with Crippen molar-refractivity contribution < 1.29 is 17.2 Å². The molecule has 0 bridgehead atoms. The van der Waals surface area contributed by atoms with Gasteiger partial charge in [0.2, 0.25) is 9.84 Å². The predicted molar refractivity (Wildman–Crippen MR) is 108 cm³/mol. The molecule has 0 aliphatic carbocycles. The van der Waals surface area contributed by atoms with Crippen LogP contribution in [-0.2, 0) is 9.84 Å². The Hall–Kier alpha value is -3.32. The standard InChI is InChI=1S/C22H16F2N2O2S/c1-14-2-9-18(10-3-14)29(27,28)21-13-25-20-11-6-16(24)12-19(20)22(21)26-17-7-4-15(23)5-8-17/h2-13H,1H3,(H,25,26). The van der Waals surface area contributed by atoms with Crippen molar-refractivity contribution in [2.24, 2.45) is 0 Å². The molecule has 4 rings (SSSR count). The van der Waals surface area contributed by atoms with Gasteiger partial charge in [-0.1, -0.05) is 17.7 Å². The van der Waals surface area contributed by atoms with Crippen molar-refractivity contribution in [1.29, 1.82) is 0 Å². The zero-order valence-electron chi connectivity index (χ0n) is 15.4. The lowest BCUT2D eigenvalue weighted by Crippen LogP contribution is -2.07. The summed E-state index contributed by atoms with van der Waals surface area (Å²) in [5.74, 6) is -0.944. The van der Waals surface area contributed by atoms with E-state index in [-0.39, 0.29) is 15.5 Å². The minimum Gasteiger partial charge on any atom is -0.354 e. The number of nitrogens with one attached hydrogen (secondary N) is 1. The maximum atomic E-state index is 13.9. The van der Waals surface area contributed by atoms with Crippen LogP contribution >= 0.6 is 0 Å². The topological polar surface area (TPSA) is 59.1 Å². The van der Waals surface area contributed by atoms with E-state index < -0.39 is 21.5 Å². The summed E-state index contributed by atoms with van der Waals surface area (Å²) < 4.78 is 53.8. The van der Waals surface area contributed by atoms with Gasteiger partial charge in [-0.15, -0.1) is 0 Å². The number of hydrogen-bond acceptors (Lipinski definition) is 4. The molecule has 0 aliphatic heterocycles. The van der Waals surface area contributed by atoms with Crippen molar-refractivity contribution in [3.63, 3.8) is 0 Å². The molecule has 0 saturated carbocycles. The quantitative estimate of drug-likeness (QED) is 0.490. The largest absolute Gasteiger partial charge is 0.354 e. The van der Waals surface area contributed by atoms with Crippen LogP contribution in [0.25, 0.3) is 10.9 Å². The number of sulfone groups is 1. The fourth-order valence-corrected chi connectivity index (χ4v) is 4.37. The lowest BCUT2D eigenvalue weighted by atomic mass is 10.1. The van der Waals surface area contributed by atoms with Gasteiger partial charge in [0.15, 0.2) is 0 Å². The lowest BCUT2D eigenvalue weighted by molar-refractivity contribution is 0.596. The molecule has 0 radical (unpaired) electrons. The highest BCUT2D eigenvalue weighted by atomic mass is 32.2. The van der Waals surface area contributed by atoms with E-state index in [9.17, 15) is 17.2 Å². The molecule has 4 nitrogen and oxygen atoms in total. The Balaban J connectivity index is 1.95. The van der Waals surface area contributed by atoms with E-state index in [1.54, 1.807) is 12.1 Å². The van der Waals surface area contributed by atoms with Gasteiger partial charge in [-0.3, -0.25) is 4.98 Å². The average molecular weight is 410 g/mol. The Bertz CT molecular complexity index is 1300.